The van der Waals surface area contributed by atoms with E-state index in [1.807, 2.05) is 11.5 Å². The Labute approximate surface area is 213 Å². The zero-order valence-electron chi connectivity index (χ0n) is 20.2. The van der Waals surface area contributed by atoms with Crippen LogP contribution in [0.3, 0.4) is 0 Å². The average Bonchev–Trinajstić information content (AvgIpc) is 3.30. The van der Waals surface area contributed by atoms with Gasteiger partial charge in [0.05, 0.1) is 24.6 Å². The summed E-state index contributed by atoms with van der Waals surface area (Å²) in [4.78, 5) is 19.7. The lowest BCUT2D eigenvalue weighted by Crippen LogP contribution is -2.39. The second kappa shape index (κ2) is 11.3. The highest BCUT2D eigenvalue weighted by atomic mass is 32.2. The van der Waals surface area contributed by atoms with Gasteiger partial charge in [-0.1, -0.05) is 18.8 Å². The van der Waals surface area contributed by atoms with E-state index in [4.69, 9.17) is 10.5 Å². The molecule has 9 nitrogen and oxygen atoms in total. The predicted molar refractivity (Wildman–Crippen MR) is 132 cm³/mol. The molecule has 1 saturated heterocycles. The van der Waals surface area contributed by atoms with E-state index in [-0.39, 0.29) is 35.7 Å². The van der Waals surface area contributed by atoms with Crippen molar-refractivity contribution in [2.45, 2.75) is 49.5 Å². The zero-order valence-corrected chi connectivity index (χ0v) is 21.0. The number of halogens is 2. The van der Waals surface area contributed by atoms with Gasteiger partial charge in [0.15, 0.2) is 0 Å². The summed E-state index contributed by atoms with van der Waals surface area (Å²) < 4.78 is 60.7. The minimum atomic E-state index is -3.88. The molecule has 3 heterocycles. The van der Waals surface area contributed by atoms with Crippen molar-refractivity contribution in [3.8, 4) is 11.8 Å². The number of nitrogens with one attached hydrogen (secondary N) is 1. The van der Waals surface area contributed by atoms with Crippen LogP contribution in [0, 0.1) is 23.5 Å². The summed E-state index contributed by atoms with van der Waals surface area (Å²) in [5.41, 5.74) is 6.75. The summed E-state index contributed by atoms with van der Waals surface area (Å²) in [6.07, 6.45) is 5.18. The fraction of sp³-hybridized carbons (Fsp3) is 0.400. The lowest BCUT2D eigenvalue weighted by Gasteiger charge is -2.35. The fourth-order valence-corrected chi connectivity index (χ4v) is 4.95. The minimum absolute atomic E-state index is 0.0778. The van der Waals surface area contributed by atoms with E-state index < -0.39 is 39.4 Å². The second-order valence-electron chi connectivity index (χ2n) is 8.81. The Balaban J connectivity index is 1.44. The largest absolute Gasteiger partial charge is 0.370 e. The molecule has 196 valence electrons. The van der Waals surface area contributed by atoms with Crippen LogP contribution < -0.4 is 11.1 Å². The monoisotopic (exact) mass is 531 g/mol. The second-order valence-corrected chi connectivity index (χ2v) is 10.7. The van der Waals surface area contributed by atoms with Gasteiger partial charge in [0.2, 0.25) is 20.9 Å². The summed E-state index contributed by atoms with van der Waals surface area (Å²) in [5.74, 6) is 3.14. The number of nitrogens with two attached hydrogens (primary N) is 1. The molecule has 1 aliphatic rings. The molecule has 1 aromatic carbocycles. The number of aromatic nitrogens is 3. The Hall–Kier alpha value is -3.40. The number of hydrogen-bond donors (Lipinski definition) is 2. The highest BCUT2D eigenvalue weighted by Gasteiger charge is 2.33. The minimum Gasteiger partial charge on any atom is -0.370 e. The molecule has 2 aromatic heterocycles. The van der Waals surface area contributed by atoms with E-state index in [2.05, 4.69) is 27.1 Å². The number of nitrogens with zero attached hydrogens (tertiary/aromatic N) is 3. The number of sulfone groups is 1. The van der Waals surface area contributed by atoms with E-state index in [0.29, 0.717) is 23.9 Å². The lowest BCUT2D eigenvalue weighted by molar-refractivity contribution is -0.120. The average molecular weight is 532 g/mol. The lowest BCUT2D eigenvalue weighted by atomic mass is 9.94. The van der Waals surface area contributed by atoms with Gasteiger partial charge in [-0.2, -0.15) is 0 Å². The molecular weight excluding hydrogens is 504 g/mol. The molecule has 1 unspecified atom stereocenters. The maximum absolute atomic E-state index is 14.2. The van der Waals surface area contributed by atoms with Gasteiger partial charge in [0.25, 0.3) is 0 Å². The van der Waals surface area contributed by atoms with Crippen LogP contribution >= 0.6 is 0 Å². The van der Waals surface area contributed by atoms with Gasteiger partial charge >= 0.3 is 0 Å². The van der Waals surface area contributed by atoms with Crippen molar-refractivity contribution in [3.05, 3.63) is 54.0 Å². The molecule has 0 bridgehead atoms. The summed E-state index contributed by atoms with van der Waals surface area (Å²) in [6.45, 7) is 2.65. The Kier molecular flexibility index (Phi) is 8.16. The third-order valence-electron chi connectivity index (χ3n) is 5.96. The molecule has 0 aliphatic carbocycles. The van der Waals surface area contributed by atoms with Gasteiger partial charge in [0, 0.05) is 42.1 Å². The Morgan fingerprint density at radius 1 is 1.30 bits per heavy atom. The normalized spacial score (nSPS) is 19.8. The fourth-order valence-electron chi connectivity index (χ4n) is 4.08. The van der Waals surface area contributed by atoms with E-state index in [1.54, 1.807) is 12.4 Å². The van der Waals surface area contributed by atoms with Crippen LogP contribution in [0.1, 0.15) is 43.9 Å². The van der Waals surface area contributed by atoms with Crippen LogP contribution in [0.25, 0.3) is 10.9 Å². The van der Waals surface area contributed by atoms with E-state index in [0.717, 1.165) is 24.6 Å². The van der Waals surface area contributed by atoms with E-state index in [9.17, 15) is 22.0 Å². The molecule has 4 rings (SSSR count). The highest BCUT2D eigenvalue weighted by molar-refractivity contribution is 7.91. The predicted octanol–water partition coefficient (Wildman–Crippen LogP) is 2.43. The highest BCUT2D eigenvalue weighted by Crippen LogP contribution is 2.34. The van der Waals surface area contributed by atoms with Crippen LogP contribution in [0.5, 0.6) is 0 Å². The molecule has 0 radical (unpaired) electrons. The standard InChI is InChI=1S/C25H27F2N5O4S/c1-2-8-29-23(33)5-3-4-9-37(34,35)25-30-12-16-13-32(14-22(16)31-25)18-11-21(28)24(36-15-18)19-10-17(26)6-7-20(19)27/h6-7,10,12-14,18,21,24H,2,5,8-9,11,15,28H2,1H3,(H,29,33)/t18-,21+,24?/m1/s1. The third kappa shape index (κ3) is 6.30. The van der Waals surface area contributed by atoms with Crippen molar-refractivity contribution < 1.29 is 26.7 Å². The SMILES string of the molecule is CCCNC(=O)CC#CCS(=O)(=O)c1ncc2cn([C@H]3COC(c4cc(F)ccc4F)[C@@H](N)C3)cc2n1. The van der Waals surface area contributed by atoms with Crippen molar-refractivity contribution >= 4 is 26.6 Å². The Morgan fingerprint density at radius 2 is 2.11 bits per heavy atom. The molecule has 0 spiro atoms. The first-order valence-electron chi connectivity index (χ1n) is 11.8. The first-order valence-corrected chi connectivity index (χ1v) is 13.4. The third-order valence-corrected chi connectivity index (χ3v) is 7.24. The number of fused-ring (bicyclic) bond motifs is 1. The van der Waals surface area contributed by atoms with Gasteiger partial charge in [0.1, 0.15) is 23.5 Å². The molecule has 3 N–H and O–H groups in total. The van der Waals surface area contributed by atoms with Crippen molar-refractivity contribution in [3.63, 3.8) is 0 Å². The van der Waals surface area contributed by atoms with Gasteiger partial charge in [-0.3, -0.25) is 4.79 Å². The topological polar surface area (TPSA) is 129 Å². The molecular formula is C25H27F2N5O4S. The molecule has 12 heteroatoms. The molecule has 3 atom stereocenters. The van der Waals surface area contributed by atoms with E-state index in [1.165, 1.54) is 6.20 Å². The van der Waals surface area contributed by atoms with Crippen LogP contribution in [-0.2, 0) is 19.4 Å². The number of benzene rings is 1. The van der Waals surface area contributed by atoms with Gasteiger partial charge < -0.3 is 20.4 Å². The van der Waals surface area contributed by atoms with Crippen molar-refractivity contribution in [2.24, 2.45) is 5.73 Å². The Bertz CT molecular complexity index is 1460. The smallest absolute Gasteiger partial charge is 0.248 e. The first kappa shape index (κ1) is 26.7. The molecule has 1 amide bonds. The van der Waals surface area contributed by atoms with Crippen LogP contribution in [-0.4, -0.2) is 53.8 Å². The molecule has 0 saturated carbocycles. The van der Waals surface area contributed by atoms with Crippen LogP contribution in [0.15, 0.2) is 41.9 Å². The summed E-state index contributed by atoms with van der Waals surface area (Å²) in [5, 5.41) is 2.92. The van der Waals surface area contributed by atoms with Gasteiger partial charge in [-0.25, -0.2) is 27.2 Å². The van der Waals surface area contributed by atoms with Gasteiger partial charge in [-0.15, -0.1) is 0 Å². The number of hydrogen-bond acceptors (Lipinski definition) is 7. The quantitative estimate of drug-likeness (QED) is 0.354. The number of amides is 1. The molecule has 1 aliphatic heterocycles. The first-order chi connectivity index (χ1) is 17.7. The summed E-state index contributed by atoms with van der Waals surface area (Å²) in [6, 6.07) is 2.36. The number of carbonyl (C=O) groups is 1. The molecule has 3 aromatic rings. The van der Waals surface area contributed by atoms with Crippen molar-refractivity contribution in [1.82, 2.24) is 19.9 Å². The van der Waals surface area contributed by atoms with Gasteiger partial charge in [-0.05, 0) is 31.0 Å². The molecule has 1 fully saturated rings. The van der Waals surface area contributed by atoms with E-state index >= 15 is 0 Å². The van der Waals surface area contributed by atoms with Crippen LogP contribution in [0.4, 0.5) is 8.78 Å². The van der Waals surface area contributed by atoms with Crippen molar-refractivity contribution in [1.29, 1.82) is 0 Å². The molecule has 37 heavy (non-hydrogen) atoms. The zero-order chi connectivity index (χ0) is 26.6. The Morgan fingerprint density at radius 3 is 2.86 bits per heavy atom. The number of carbonyl (C=O) groups excluding carboxylic acids is 1. The summed E-state index contributed by atoms with van der Waals surface area (Å²) in [7, 11) is -3.88. The van der Waals surface area contributed by atoms with Crippen LogP contribution in [0.2, 0.25) is 0 Å². The maximum Gasteiger partial charge on any atom is 0.248 e. The van der Waals surface area contributed by atoms with Crippen molar-refractivity contribution in [2.75, 3.05) is 18.9 Å². The maximum atomic E-state index is 14.2. The number of ether oxygens (including phenoxy) is 1. The number of rotatable bonds is 7. The summed E-state index contributed by atoms with van der Waals surface area (Å²) >= 11 is 0.